The molecular formula is C24H33FN6O2. The lowest BCUT2D eigenvalue weighted by atomic mass is 9.86. The molecule has 2 amide bonds. The third-order valence-corrected chi connectivity index (χ3v) is 7.45. The number of nitrogens with one attached hydrogen (secondary N) is 2. The highest BCUT2D eigenvalue weighted by molar-refractivity contribution is 6.06. The number of dihydropyridines is 2. The molecule has 9 heteroatoms. The van der Waals surface area contributed by atoms with E-state index in [0.717, 1.165) is 45.6 Å². The smallest absolute Gasteiger partial charge is 0.231 e. The van der Waals surface area contributed by atoms with Gasteiger partial charge in [-0.3, -0.25) is 29.4 Å². The van der Waals surface area contributed by atoms with E-state index in [1.165, 1.54) is 5.57 Å². The van der Waals surface area contributed by atoms with Gasteiger partial charge in [0.15, 0.2) is 0 Å². The van der Waals surface area contributed by atoms with Gasteiger partial charge in [0.1, 0.15) is 12.0 Å². The molecule has 178 valence electrons. The number of aliphatic imine (C=N–C) groups is 2. The molecule has 5 rings (SSSR count). The molecular weight excluding hydrogens is 423 g/mol. The van der Waals surface area contributed by atoms with E-state index in [4.69, 9.17) is 4.99 Å². The van der Waals surface area contributed by atoms with E-state index >= 15 is 0 Å². The number of hydrogen-bond donors (Lipinski definition) is 2. The number of piperidine rings is 1. The number of nitrogens with zero attached hydrogens (tertiary/aromatic N) is 4. The lowest BCUT2D eigenvalue weighted by Crippen LogP contribution is -2.53. The third-order valence-electron chi connectivity index (χ3n) is 7.45. The number of hydrogen-bond acceptors (Lipinski definition) is 6. The second-order valence-corrected chi connectivity index (χ2v) is 9.77. The van der Waals surface area contributed by atoms with Crippen molar-refractivity contribution in [3.8, 4) is 0 Å². The number of alkyl halides is 1. The van der Waals surface area contributed by atoms with Crippen molar-refractivity contribution in [1.29, 1.82) is 0 Å². The van der Waals surface area contributed by atoms with E-state index in [1.54, 1.807) is 0 Å². The molecule has 33 heavy (non-hydrogen) atoms. The fourth-order valence-electron chi connectivity index (χ4n) is 5.13. The van der Waals surface area contributed by atoms with Crippen LogP contribution in [0.25, 0.3) is 0 Å². The van der Waals surface area contributed by atoms with Crippen LogP contribution in [-0.2, 0) is 9.59 Å². The van der Waals surface area contributed by atoms with Gasteiger partial charge in [0.2, 0.25) is 11.8 Å². The predicted octanol–water partition coefficient (Wildman–Crippen LogP) is 0.709. The molecule has 1 saturated carbocycles. The van der Waals surface area contributed by atoms with E-state index in [9.17, 15) is 14.0 Å². The molecule has 6 atom stereocenters. The SMILES string of the molecule is CCC1CC2N=CC(CN3CCN(C4C=CC(NC(=O)[C@@H]5C[C@H]5F)=NC4)CC3)=CC2NC1=O. The number of carbonyl (C=O) groups is 2. The molecule has 0 bridgehead atoms. The molecule has 8 nitrogen and oxygen atoms in total. The second kappa shape index (κ2) is 9.46. The van der Waals surface area contributed by atoms with Crippen LogP contribution in [0.1, 0.15) is 26.2 Å². The minimum absolute atomic E-state index is 0.0252. The van der Waals surface area contributed by atoms with E-state index < -0.39 is 12.1 Å². The van der Waals surface area contributed by atoms with Crippen molar-refractivity contribution in [3.05, 3.63) is 23.8 Å². The zero-order valence-electron chi connectivity index (χ0n) is 19.1. The van der Waals surface area contributed by atoms with Gasteiger partial charge >= 0.3 is 0 Å². The second-order valence-electron chi connectivity index (χ2n) is 9.77. The third kappa shape index (κ3) is 5.09. The van der Waals surface area contributed by atoms with Gasteiger partial charge in [0.05, 0.1) is 24.5 Å². The van der Waals surface area contributed by atoms with Gasteiger partial charge < -0.3 is 10.6 Å². The highest BCUT2D eigenvalue weighted by atomic mass is 19.1. The van der Waals surface area contributed by atoms with Crippen LogP contribution in [0.4, 0.5) is 4.39 Å². The summed E-state index contributed by atoms with van der Waals surface area (Å²) in [6.07, 6.45) is 9.16. The Kier molecular flexibility index (Phi) is 6.42. The Morgan fingerprint density at radius 1 is 1.27 bits per heavy atom. The first-order chi connectivity index (χ1) is 16.0. The molecule has 0 aromatic rings. The van der Waals surface area contributed by atoms with Crippen LogP contribution in [0.2, 0.25) is 0 Å². The van der Waals surface area contributed by atoms with Gasteiger partial charge in [-0.25, -0.2) is 4.39 Å². The molecule has 0 aromatic heterocycles. The monoisotopic (exact) mass is 456 g/mol. The fraction of sp³-hybridized carbons (Fsp3) is 0.667. The number of piperazine rings is 1. The Morgan fingerprint density at radius 2 is 2.06 bits per heavy atom. The Morgan fingerprint density at radius 3 is 2.73 bits per heavy atom. The van der Waals surface area contributed by atoms with Crippen molar-refractivity contribution in [2.75, 3.05) is 39.3 Å². The van der Waals surface area contributed by atoms with E-state index in [-0.39, 0.29) is 35.9 Å². The van der Waals surface area contributed by atoms with Crippen molar-refractivity contribution in [2.24, 2.45) is 21.8 Å². The van der Waals surface area contributed by atoms with Crippen LogP contribution in [0.15, 0.2) is 33.8 Å². The molecule has 1 aliphatic carbocycles. The zero-order chi connectivity index (χ0) is 22.9. The van der Waals surface area contributed by atoms with E-state index in [1.807, 2.05) is 12.3 Å². The average Bonchev–Trinajstić information content (AvgIpc) is 3.56. The minimum atomic E-state index is -0.992. The Bertz CT molecular complexity index is 907. The van der Waals surface area contributed by atoms with Crippen LogP contribution in [0.5, 0.6) is 0 Å². The number of amidine groups is 1. The highest BCUT2D eigenvalue weighted by Gasteiger charge is 2.44. The molecule has 4 unspecified atom stereocenters. The number of rotatable bonds is 5. The van der Waals surface area contributed by atoms with Crippen LogP contribution in [-0.4, -0.2) is 97.2 Å². The van der Waals surface area contributed by atoms with Gasteiger partial charge in [0.25, 0.3) is 0 Å². The molecule has 2 N–H and O–H groups in total. The maximum atomic E-state index is 13.0. The lowest BCUT2D eigenvalue weighted by Gasteiger charge is -2.39. The molecule has 3 fully saturated rings. The van der Waals surface area contributed by atoms with Crippen molar-refractivity contribution < 1.29 is 14.0 Å². The lowest BCUT2D eigenvalue weighted by molar-refractivity contribution is -0.127. The zero-order valence-corrected chi connectivity index (χ0v) is 19.1. The standard InChI is InChI=1S/C24H33FN6O2/c1-2-16-10-20-21(28-23(16)32)9-15(12-26-20)14-30-5-7-31(8-6-30)17-3-4-22(27-13-17)29-24(33)18-11-19(18)25/h3-4,9,12,16-21H,2,5-8,10-11,13-14H2,1H3,(H,28,32)(H,27,29,33)/t16?,17?,18-,19-,20?,21?/m1/s1. The fourth-order valence-corrected chi connectivity index (χ4v) is 5.13. The Hall–Kier alpha value is -2.39. The summed E-state index contributed by atoms with van der Waals surface area (Å²) < 4.78 is 13.0. The van der Waals surface area contributed by atoms with Gasteiger partial charge in [-0.05, 0) is 30.9 Å². The van der Waals surface area contributed by atoms with Crippen LogP contribution >= 0.6 is 0 Å². The molecule has 0 radical (unpaired) electrons. The van der Waals surface area contributed by atoms with Crippen LogP contribution in [0.3, 0.4) is 0 Å². The Labute approximate surface area is 194 Å². The van der Waals surface area contributed by atoms with E-state index in [2.05, 4.69) is 44.5 Å². The molecule has 4 aliphatic heterocycles. The topological polar surface area (TPSA) is 89.4 Å². The number of amides is 2. The normalized spacial score (nSPS) is 36.5. The van der Waals surface area contributed by atoms with Crippen molar-refractivity contribution >= 4 is 23.9 Å². The Balaban J connectivity index is 1.06. The first-order valence-corrected chi connectivity index (χ1v) is 12.2. The maximum Gasteiger partial charge on any atom is 0.231 e. The summed E-state index contributed by atoms with van der Waals surface area (Å²) in [5, 5.41) is 5.87. The largest absolute Gasteiger partial charge is 0.347 e. The number of carbonyl (C=O) groups excluding carboxylic acids is 2. The highest BCUT2D eigenvalue weighted by Crippen LogP contribution is 2.33. The summed E-state index contributed by atoms with van der Waals surface area (Å²) in [5.41, 5.74) is 1.17. The summed E-state index contributed by atoms with van der Waals surface area (Å²) in [5.74, 6) is 0.0196. The quantitative estimate of drug-likeness (QED) is 0.638. The molecule has 2 saturated heterocycles. The minimum Gasteiger partial charge on any atom is -0.347 e. The summed E-state index contributed by atoms with van der Waals surface area (Å²) in [4.78, 5) is 38.2. The maximum absolute atomic E-state index is 13.0. The summed E-state index contributed by atoms with van der Waals surface area (Å²) in [6.45, 7) is 7.32. The predicted molar refractivity (Wildman–Crippen MR) is 125 cm³/mol. The van der Waals surface area contributed by atoms with Gasteiger partial charge in [0, 0.05) is 50.9 Å². The van der Waals surface area contributed by atoms with Crippen LogP contribution in [0, 0.1) is 11.8 Å². The summed E-state index contributed by atoms with van der Waals surface area (Å²) in [6, 6.07) is 0.421. The molecule has 5 aliphatic rings. The first kappa shape index (κ1) is 22.4. The van der Waals surface area contributed by atoms with Gasteiger partial charge in [-0.1, -0.05) is 19.1 Å². The summed E-state index contributed by atoms with van der Waals surface area (Å²) in [7, 11) is 0. The number of halogens is 1. The van der Waals surface area contributed by atoms with Crippen molar-refractivity contribution in [3.63, 3.8) is 0 Å². The number of fused-ring (bicyclic) bond motifs is 1. The molecule has 0 spiro atoms. The average molecular weight is 457 g/mol. The summed E-state index contributed by atoms with van der Waals surface area (Å²) >= 11 is 0. The van der Waals surface area contributed by atoms with E-state index in [0.29, 0.717) is 18.8 Å². The first-order valence-electron chi connectivity index (χ1n) is 12.2. The molecule has 4 heterocycles. The van der Waals surface area contributed by atoms with Gasteiger partial charge in [-0.2, -0.15) is 0 Å². The van der Waals surface area contributed by atoms with Gasteiger partial charge in [-0.15, -0.1) is 0 Å². The van der Waals surface area contributed by atoms with Crippen molar-refractivity contribution in [1.82, 2.24) is 20.4 Å². The van der Waals surface area contributed by atoms with Crippen LogP contribution < -0.4 is 10.6 Å². The van der Waals surface area contributed by atoms with Crippen molar-refractivity contribution in [2.45, 2.75) is 50.5 Å². The molecule has 0 aromatic carbocycles.